The Morgan fingerprint density at radius 2 is 1.77 bits per heavy atom. The molecule has 5 nitrogen and oxygen atoms in total. The number of hydrogen-bond donors (Lipinski definition) is 2. The minimum atomic E-state index is -0.177. The van der Waals surface area contributed by atoms with Gasteiger partial charge in [0.05, 0.1) is 0 Å². The van der Waals surface area contributed by atoms with Gasteiger partial charge in [0, 0.05) is 12.1 Å². The third-order valence-corrected chi connectivity index (χ3v) is 3.51. The number of aryl methyl sites for hydroxylation is 2. The van der Waals surface area contributed by atoms with E-state index in [1.807, 2.05) is 38.1 Å². The van der Waals surface area contributed by atoms with Crippen molar-refractivity contribution in [3.63, 3.8) is 0 Å². The number of rotatable bonds is 6. The first kappa shape index (κ1) is 15.9. The van der Waals surface area contributed by atoms with Crippen molar-refractivity contribution < 1.29 is 4.79 Å². The first-order valence-electron chi connectivity index (χ1n) is 7.56. The van der Waals surface area contributed by atoms with Crippen LogP contribution >= 0.6 is 0 Å². The Bertz CT molecular complexity index is 638. The second-order valence-electron chi connectivity index (χ2n) is 5.34. The molecule has 0 saturated carbocycles. The summed E-state index contributed by atoms with van der Waals surface area (Å²) in [6.45, 7) is 7.02. The molecular weight excluding hydrogens is 276 g/mol. The van der Waals surface area contributed by atoms with Crippen LogP contribution in [0.4, 0.5) is 11.6 Å². The lowest BCUT2D eigenvalue weighted by Crippen LogP contribution is -2.14. The summed E-state index contributed by atoms with van der Waals surface area (Å²) in [7, 11) is 0. The number of nitrogens with zero attached hydrogens (tertiary/aromatic N) is 2. The highest BCUT2D eigenvalue weighted by Crippen LogP contribution is 2.12. The van der Waals surface area contributed by atoms with Crippen LogP contribution in [0, 0.1) is 13.8 Å². The molecule has 22 heavy (non-hydrogen) atoms. The molecule has 0 radical (unpaired) electrons. The van der Waals surface area contributed by atoms with Gasteiger partial charge in [0.1, 0.15) is 5.82 Å². The number of carbonyl (C=O) groups is 1. The first-order valence-corrected chi connectivity index (χ1v) is 7.56. The Labute approximate surface area is 131 Å². The van der Waals surface area contributed by atoms with Gasteiger partial charge in [-0.2, -0.15) is 0 Å². The van der Waals surface area contributed by atoms with E-state index in [0.717, 1.165) is 30.8 Å². The number of nitrogens with one attached hydrogen (secondary N) is 2. The van der Waals surface area contributed by atoms with Crippen LogP contribution in [0.2, 0.25) is 0 Å². The maximum absolute atomic E-state index is 12.2. The van der Waals surface area contributed by atoms with E-state index in [9.17, 15) is 4.79 Å². The number of unbranched alkanes of at least 4 members (excludes halogenated alkanes) is 1. The molecule has 1 aromatic heterocycles. The largest absolute Gasteiger partial charge is 0.369 e. The molecule has 0 spiro atoms. The molecule has 0 aliphatic rings. The average molecular weight is 298 g/mol. The molecule has 0 unspecified atom stereocenters. The molecule has 0 saturated heterocycles. The van der Waals surface area contributed by atoms with Crippen molar-refractivity contribution >= 4 is 17.5 Å². The van der Waals surface area contributed by atoms with Crippen LogP contribution < -0.4 is 10.6 Å². The molecule has 2 aromatic rings. The lowest BCUT2D eigenvalue weighted by Gasteiger charge is -2.07. The second kappa shape index (κ2) is 7.54. The van der Waals surface area contributed by atoms with Gasteiger partial charge in [-0.1, -0.05) is 19.4 Å². The van der Waals surface area contributed by atoms with E-state index < -0.39 is 0 Å². The molecule has 5 heteroatoms. The highest BCUT2D eigenvalue weighted by molar-refractivity contribution is 6.03. The lowest BCUT2D eigenvalue weighted by molar-refractivity contribution is 0.102. The predicted molar refractivity (Wildman–Crippen MR) is 89.3 cm³/mol. The zero-order valence-corrected chi connectivity index (χ0v) is 13.3. The molecular formula is C17H22N4O. The molecule has 116 valence electrons. The Morgan fingerprint density at radius 3 is 2.41 bits per heavy atom. The molecule has 0 aliphatic carbocycles. The van der Waals surface area contributed by atoms with E-state index in [2.05, 4.69) is 27.8 Å². The highest BCUT2D eigenvalue weighted by Gasteiger charge is 2.08. The molecule has 0 atom stereocenters. The maximum Gasteiger partial charge on any atom is 0.256 e. The number of aromatic nitrogens is 2. The predicted octanol–water partition coefficient (Wildman–Crippen LogP) is 3.56. The smallest absolute Gasteiger partial charge is 0.256 e. The number of anilines is 2. The minimum absolute atomic E-state index is 0.177. The van der Waals surface area contributed by atoms with Crippen molar-refractivity contribution in [2.24, 2.45) is 0 Å². The van der Waals surface area contributed by atoms with Gasteiger partial charge in [0.15, 0.2) is 5.82 Å². The summed E-state index contributed by atoms with van der Waals surface area (Å²) >= 11 is 0. The zero-order chi connectivity index (χ0) is 15.9. The summed E-state index contributed by atoms with van der Waals surface area (Å²) in [6, 6.07) is 9.19. The first-order chi connectivity index (χ1) is 10.6. The SMILES string of the molecule is CCCCNc1ccc(NC(=O)c2ccc(C)c(C)c2)nn1. The molecule has 0 aliphatic heterocycles. The van der Waals surface area contributed by atoms with Crippen molar-refractivity contribution in [3.8, 4) is 0 Å². The van der Waals surface area contributed by atoms with Gasteiger partial charge in [-0.25, -0.2) is 0 Å². The van der Waals surface area contributed by atoms with Crippen molar-refractivity contribution in [2.45, 2.75) is 33.6 Å². The van der Waals surface area contributed by atoms with Gasteiger partial charge < -0.3 is 10.6 Å². The molecule has 1 amide bonds. The van der Waals surface area contributed by atoms with E-state index in [-0.39, 0.29) is 5.91 Å². The van der Waals surface area contributed by atoms with Crippen LogP contribution in [0.15, 0.2) is 30.3 Å². The second-order valence-corrected chi connectivity index (χ2v) is 5.34. The third kappa shape index (κ3) is 4.28. The van der Waals surface area contributed by atoms with Gasteiger partial charge in [-0.15, -0.1) is 10.2 Å². The summed E-state index contributed by atoms with van der Waals surface area (Å²) in [5.41, 5.74) is 2.88. The van der Waals surface area contributed by atoms with Crippen molar-refractivity contribution in [1.82, 2.24) is 10.2 Å². The van der Waals surface area contributed by atoms with Crippen LogP contribution in [-0.2, 0) is 0 Å². The average Bonchev–Trinajstić information content (AvgIpc) is 2.52. The van der Waals surface area contributed by atoms with E-state index in [1.165, 1.54) is 5.56 Å². The fourth-order valence-corrected chi connectivity index (χ4v) is 1.96. The van der Waals surface area contributed by atoms with Crippen LogP contribution in [-0.4, -0.2) is 22.6 Å². The Balaban J connectivity index is 1.97. The normalized spacial score (nSPS) is 10.3. The van der Waals surface area contributed by atoms with Gasteiger partial charge in [-0.05, 0) is 55.7 Å². The van der Waals surface area contributed by atoms with Crippen molar-refractivity contribution in [3.05, 3.63) is 47.0 Å². The maximum atomic E-state index is 12.2. The molecule has 0 bridgehead atoms. The fraction of sp³-hybridized carbons (Fsp3) is 0.353. The monoisotopic (exact) mass is 298 g/mol. The molecule has 1 aromatic carbocycles. The molecule has 2 rings (SSSR count). The van der Waals surface area contributed by atoms with Crippen LogP contribution in [0.3, 0.4) is 0 Å². The van der Waals surface area contributed by atoms with Crippen molar-refractivity contribution in [1.29, 1.82) is 0 Å². The summed E-state index contributed by atoms with van der Waals surface area (Å²) in [5, 5.41) is 14.0. The summed E-state index contributed by atoms with van der Waals surface area (Å²) in [5.74, 6) is 0.992. The highest BCUT2D eigenvalue weighted by atomic mass is 16.1. The summed E-state index contributed by atoms with van der Waals surface area (Å²) in [6.07, 6.45) is 2.22. The molecule has 0 fully saturated rings. The van der Waals surface area contributed by atoms with Crippen LogP contribution in [0.1, 0.15) is 41.3 Å². The third-order valence-electron chi connectivity index (χ3n) is 3.51. The van der Waals surface area contributed by atoms with E-state index in [4.69, 9.17) is 0 Å². The van der Waals surface area contributed by atoms with E-state index >= 15 is 0 Å². The number of amides is 1. The Hall–Kier alpha value is -2.43. The zero-order valence-electron chi connectivity index (χ0n) is 13.3. The number of carbonyl (C=O) groups excluding carboxylic acids is 1. The van der Waals surface area contributed by atoms with Gasteiger partial charge in [0.25, 0.3) is 5.91 Å². The standard InChI is InChI=1S/C17H22N4O/c1-4-5-10-18-15-8-9-16(21-20-15)19-17(22)14-7-6-12(2)13(3)11-14/h6-9,11H,4-5,10H2,1-3H3,(H,18,20)(H,19,21,22). The van der Waals surface area contributed by atoms with Crippen molar-refractivity contribution in [2.75, 3.05) is 17.2 Å². The molecule has 1 heterocycles. The van der Waals surface area contributed by atoms with Crippen LogP contribution in [0.5, 0.6) is 0 Å². The fourth-order valence-electron chi connectivity index (χ4n) is 1.96. The molecule has 2 N–H and O–H groups in total. The number of hydrogen-bond acceptors (Lipinski definition) is 4. The number of benzene rings is 1. The van der Waals surface area contributed by atoms with Gasteiger partial charge in [0.2, 0.25) is 0 Å². The van der Waals surface area contributed by atoms with Gasteiger partial charge >= 0.3 is 0 Å². The van der Waals surface area contributed by atoms with E-state index in [0.29, 0.717) is 11.4 Å². The van der Waals surface area contributed by atoms with Gasteiger partial charge in [-0.3, -0.25) is 4.79 Å². The van der Waals surface area contributed by atoms with E-state index in [1.54, 1.807) is 6.07 Å². The quantitative estimate of drug-likeness (QED) is 0.800. The topological polar surface area (TPSA) is 66.9 Å². The lowest BCUT2D eigenvalue weighted by atomic mass is 10.1. The minimum Gasteiger partial charge on any atom is -0.369 e. The summed E-state index contributed by atoms with van der Waals surface area (Å²) < 4.78 is 0. The van der Waals surface area contributed by atoms with Crippen LogP contribution in [0.25, 0.3) is 0 Å². The Morgan fingerprint density at radius 1 is 1.05 bits per heavy atom. The summed E-state index contributed by atoms with van der Waals surface area (Å²) in [4.78, 5) is 12.2. The Kier molecular flexibility index (Phi) is 5.47.